The quantitative estimate of drug-likeness (QED) is 0.710. The van der Waals surface area contributed by atoms with Gasteiger partial charge in [0, 0.05) is 12.4 Å². The summed E-state index contributed by atoms with van der Waals surface area (Å²) in [6.45, 7) is 0. The number of hydrogen-bond acceptors (Lipinski definition) is 2. The zero-order chi connectivity index (χ0) is 8.55. The lowest BCUT2D eigenvalue weighted by Gasteiger charge is -2.33. The van der Waals surface area contributed by atoms with Gasteiger partial charge in [-0.25, -0.2) is 0 Å². The van der Waals surface area contributed by atoms with Crippen LogP contribution < -0.4 is 0 Å². The predicted octanol–water partition coefficient (Wildman–Crippen LogP) is 0.919. The Hall–Kier alpha value is -1.32. The van der Waals surface area contributed by atoms with Crippen LogP contribution in [0.15, 0.2) is 18.5 Å². The number of rotatable bonds is 2. The smallest absolute Gasteiger partial charge is 0.308 e. The van der Waals surface area contributed by atoms with E-state index in [4.69, 9.17) is 5.11 Å². The second kappa shape index (κ2) is 2.62. The van der Waals surface area contributed by atoms with Gasteiger partial charge in [-0.05, 0) is 18.9 Å². The van der Waals surface area contributed by atoms with Crippen LogP contribution in [-0.4, -0.2) is 20.9 Å². The van der Waals surface area contributed by atoms with Crippen LogP contribution in [0.1, 0.15) is 18.9 Å². The van der Waals surface area contributed by atoms with Crippen LogP contribution in [0.4, 0.5) is 0 Å². The van der Waals surface area contributed by atoms with Crippen LogP contribution >= 0.6 is 0 Å². The number of aromatic nitrogens is 2. The Kier molecular flexibility index (Phi) is 1.60. The first-order chi connectivity index (χ1) is 5.79. The van der Waals surface area contributed by atoms with E-state index in [0.29, 0.717) is 0 Å². The van der Waals surface area contributed by atoms with Gasteiger partial charge < -0.3 is 5.11 Å². The van der Waals surface area contributed by atoms with Crippen LogP contribution in [0.3, 0.4) is 0 Å². The Morgan fingerprint density at radius 2 is 2.42 bits per heavy atom. The van der Waals surface area contributed by atoms with Crippen molar-refractivity contribution in [1.82, 2.24) is 9.78 Å². The third kappa shape index (κ3) is 0.995. The van der Waals surface area contributed by atoms with Crippen molar-refractivity contribution in [2.24, 2.45) is 5.92 Å². The monoisotopic (exact) mass is 166 g/mol. The highest BCUT2D eigenvalue weighted by Gasteiger charge is 2.37. The zero-order valence-electron chi connectivity index (χ0n) is 6.55. The first-order valence-corrected chi connectivity index (χ1v) is 4.01. The summed E-state index contributed by atoms with van der Waals surface area (Å²) < 4.78 is 1.74. The molecule has 1 aromatic rings. The molecule has 0 spiro atoms. The highest BCUT2D eigenvalue weighted by Crippen LogP contribution is 2.37. The van der Waals surface area contributed by atoms with E-state index in [9.17, 15) is 4.79 Å². The standard InChI is InChI=1S/C8H10N2O2/c11-8(12)6-2-3-7(6)10-5-1-4-9-10/h1,4-7H,2-3H2,(H,11,12). The third-order valence-electron chi connectivity index (χ3n) is 2.42. The SMILES string of the molecule is O=C(O)C1CCC1n1cccn1. The van der Waals surface area contributed by atoms with Gasteiger partial charge in [-0.1, -0.05) is 0 Å². The highest BCUT2D eigenvalue weighted by atomic mass is 16.4. The van der Waals surface area contributed by atoms with Gasteiger partial charge in [0.05, 0.1) is 12.0 Å². The van der Waals surface area contributed by atoms with E-state index >= 15 is 0 Å². The summed E-state index contributed by atoms with van der Waals surface area (Å²) in [5, 5.41) is 12.8. The molecule has 1 N–H and O–H groups in total. The summed E-state index contributed by atoms with van der Waals surface area (Å²) in [6, 6.07) is 1.90. The molecule has 2 atom stereocenters. The third-order valence-corrected chi connectivity index (χ3v) is 2.42. The van der Waals surface area contributed by atoms with Gasteiger partial charge in [-0.3, -0.25) is 9.48 Å². The molecular weight excluding hydrogens is 156 g/mol. The Morgan fingerprint density at radius 3 is 2.83 bits per heavy atom. The van der Waals surface area contributed by atoms with Gasteiger partial charge in [0.25, 0.3) is 0 Å². The van der Waals surface area contributed by atoms with Crippen molar-refractivity contribution in [2.75, 3.05) is 0 Å². The van der Waals surface area contributed by atoms with Crippen LogP contribution in [-0.2, 0) is 4.79 Å². The van der Waals surface area contributed by atoms with E-state index in [1.807, 2.05) is 12.3 Å². The number of carboxylic acids is 1. The molecule has 0 radical (unpaired) electrons. The molecule has 4 nitrogen and oxygen atoms in total. The molecule has 2 rings (SSSR count). The van der Waals surface area contributed by atoms with Gasteiger partial charge in [0.2, 0.25) is 0 Å². The fourth-order valence-corrected chi connectivity index (χ4v) is 1.56. The minimum absolute atomic E-state index is 0.0810. The Bertz CT molecular complexity index is 281. The fourth-order valence-electron chi connectivity index (χ4n) is 1.56. The minimum atomic E-state index is -0.707. The molecule has 4 heteroatoms. The van der Waals surface area contributed by atoms with E-state index < -0.39 is 5.97 Å². The Labute approximate surface area is 69.8 Å². The second-order valence-electron chi connectivity index (χ2n) is 3.08. The fraction of sp³-hybridized carbons (Fsp3) is 0.500. The van der Waals surface area contributed by atoms with Crippen molar-refractivity contribution < 1.29 is 9.90 Å². The molecule has 0 aliphatic heterocycles. The van der Waals surface area contributed by atoms with E-state index in [-0.39, 0.29) is 12.0 Å². The summed E-state index contributed by atoms with van der Waals surface area (Å²) >= 11 is 0. The summed E-state index contributed by atoms with van der Waals surface area (Å²) in [7, 11) is 0. The van der Waals surface area contributed by atoms with E-state index in [2.05, 4.69) is 5.10 Å². The van der Waals surface area contributed by atoms with Crippen LogP contribution in [0.2, 0.25) is 0 Å². The lowest BCUT2D eigenvalue weighted by Crippen LogP contribution is -2.35. The van der Waals surface area contributed by atoms with Crippen molar-refractivity contribution in [3.63, 3.8) is 0 Å². The predicted molar refractivity (Wildman–Crippen MR) is 41.6 cm³/mol. The lowest BCUT2D eigenvalue weighted by molar-refractivity contribution is -0.147. The van der Waals surface area contributed by atoms with Crippen LogP contribution in [0.5, 0.6) is 0 Å². The minimum Gasteiger partial charge on any atom is -0.481 e. The Morgan fingerprint density at radius 1 is 1.58 bits per heavy atom. The summed E-state index contributed by atoms with van der Waals surface area (Å²) in [4.78, 5) is 10.6. The zero-order valence-corrected chi connectivity index (χ0v) is 6.55. The first-order valence-electron chi connectivity index (χ1n) is 4.01. The molecule has 1 heterocycles. The highest BCUT2D eigenvalue weighted by molar-refractivity contribution is 5.71. The van der Waals surface area contributed by atoms with Crippen LogP contribution in [0.25, 0.3) is 0 Å². The van der Waals surface area contributed by atoms with Crippen molar-refractivity contribution in [3.8, 4) is 0 Å². The molecule has 1 aliphatic rings. The lowest BCUT2D eigenvalue weighted by atomic mass is 9.80. The van der Waals surface area contributed by atoms with E-state index in [1.165, 1.54) is 0 Å². The molecule has 0 bridgehead atoms. The normalized spacial score (nSPS) is 28.0. The molecule has 0 amide bonds. The van der Waals surface area contributed by atoms with Gasteiger partial charge in [0.1, 0.15) is 0 Å². The average molecular weight is 166 g/mol. The number of aliphatic carboxylic acids is 1. The van der Waals surface area contributed by atoms with Crippen LogP contribution in [0, 0.1) is 5.92 Å². The molecule has 0 saturated heterocycles. The first kappa shape index (κ1) is 7.34. The summed E-state index contributed by atoms with van der Waals surface area (Å²) in [5.41, 5.74) is 0. The summed E-state index contributed by atoms with van der Waals surface area (Å²) in [6.07, 6.45) is 5.20. The van der Waals surface area contributed by atoms with Gasteiger partial charge in [-0.2, -0.15) is 5.10 Å². The van der Waals surface area contributed by atoms with Gasteiger partial charge >= 0.3 is 5.97 Å². The topological polar surface area (TPSA) is 55.1 Å². The van der Waals surface area contributed by atoms with Gasteiger partial charge in [0.15, 0.2) is 0 Å². The molecule has 2 unspecified atom stereocenters. The number of carboxylic acid groups (broad SMARTS) is 1. The molecule has 1 aromatic heterocycles. The molecule has 1 saturated carbocycles. The van der Waals surface area contributed by atoms with Crippen molar-refractivity contribution in [2.45, 2.75) is 18.9 Å². The number of nitrogens with zero attached hydrogens (tertiary/aromatic N) is 2. The second-order valence-corrected chi connectivity index (χ2v) is 3.08. The molecule has 0 aromatic carbocycles. The maximum Gasteiger partial charge on any atom is 0.308 e. The maximum atomic E-state index is 10.6. The van der Waals surface area contributed by atoms with E-state index in [0.717, 1.165) is 12.8 Å². The van der Waals surface area contributed by atoms with Crippen molar-refractivity contribution in [3.05, 3.63) is 18.5 Å². The maximum absolute atomic E-state index is 10.6. The molecule has 12 heavy (non-hydrogen) atoms. The molecule has 1 aliphatic carbocycles. The number of hydrogen-bond donors (Lipinski definition) is 1. The molecule has 64 valence electrons. The van der Waals surface area contributed by atoms with Gasteiger partial charge in [-0.15, -0.1) is 0 Å². The average Bonchev–Trinajstić information content (AvgIpc) is 2.35. The van der Waals surface area contributed by atoms with Crippen molar-refractivity contribution in [1.29, 1.82) is 0 Å². The largest absolute Gasteiger partial charge is 0.481 e. The number of carbonyl (C=O) groups is 1. The Balaban J connectivity index is 2.12. The molecule has 1 fully saturated rings. The molecular formula is C8H10N2O2. The summed E-state index contributed by atoms with van der Waals surface area (Å²) in [5.74, 6) is -0.938. The van der Waals surface area contributed by atoms with E-state index in [1.54, 1.807) is 10.9 Å². The van der Waals surface area contributed by atoms with Crippen molar-refractivity contribution >= 4 is 5.97 Å².